The first-order valence-corrected chi connectivity index (χ1v) is 6.05. The third-order valence-electron chi connectivity index (χ3n) is 2.27. The maximum absolute atomic E-state index is 11.0. The first-order chi connectivity index (χ1) is 8.71. The van der Waals surface area contributed by atoms with Gasteiger partial charge in [0, 0.05) is 12.0 Å². The highest BCUT2D eigenvalue weighted by Gasteiger charge is 2.23. The average Bonchev–Trinajstić information content (AvgIpc) is 2.21. The van der Waals surface area contributed by atoms with Gasteiger partial charge in [-0.3, -0.25) is 4.79 Å². The Kier molecular flexibility index (Phi) is 4.52. The van der Waals surface area contributed by atoms with Gasteiger partial charge in [0.05, 0.1) is 6.10 Å². The molecular weight excluding hydrogens is 246 g/mol. The van der Waals surface area contributed by atoms with Crippen molar-refractivity contribution in [2.75, 3.05) is 11.1 Å². The number of nitrogens with zero attached hydrogens (tertiary/aromatic N) is 2. The lowest BCUT2D eigenvalue weighted by Gasteiger charge is -2.26. The minimum Gasteiger partial charge on any atom is -0.473 e. The Hall–Kier alpha value is -2.05. The van der Waals surface area contributed by atoms with Crippen molar-refractivity contribution in [1.82, 2.24) is 9.97 Å². The van der Waals surface area contributed by atoms with Crippen molar-refractivity contribution < 1.29 is 9.53 Å². The Bertz CT molecular complexity index is 459. The molecule has 5 N–H and O–H groups in total. The van der Waals surface area contributed by atoms with E-state index in [1.807, 2.05) is 27.7 Å². The maximum atomic E-state index is 11.0. The molecule has 0 spiro atoms. The monoisotopic (exact) mass is 267 g/mol. The molecule has 1 rings (SSSR count). The van der Waals surface area contributed by atoms with Crippen LogP contribution in [0.4, 0.5) is 11.5 Å². The SMILES string of the molecule is CC(C)Oc1ncnc(NC(C)(C)CC(N)=O)c1N. The number of anilines is 2. The molecule has 0 saturated heterocycles. The Morgan fingerprint density at radius 2 is 2.11 bits per heavy atom. The molecule has 0 aliphatic rings. The van der Waals surface area contributed by atoms with Crippen molar-refractivity contribution >= 4 is 17.4 Å². The van der Waals surface area contributed by atoms with Crippen LogP contribution in [0, 0.1) is 0 Å². The number of carbonyl (C=O) groups is 1. The summed E-state index contributed by atoms with van der Waals surface area (Å²) in [7, 11) is 0. The van der Waals surface area contributed by atoms with Gasteiger partial charge in [-0.2, -0.15) is 4.98 Å². The molecule has 0 radical (unpaired) electrons. The van der Waals surface area contributed by atoms with E-state index >= 15 is 0 Å². The third-order valence-corrected chi connectivity index (χ3v) is 2.27. The van der Waals surface area contributed by atoms with Crippen molar-refractivity contribution in [2.24, 2.45) is 5.73 Å². The van der Waals surface area contributed by atoms with Gasteiger partial charge in [0.2, 0.25) is 11.8 Å². The molecule has 0 bridgehead atoms. The summed E-state index contributed by atoms with van der Waals surface area (Å²) in [6.45, 7) is 7.43. The Morgan fingerprint density at radius 1 is 1.47 bits per heavy atom. The van der Waals surface area contributed by atoms with Crippen molar-refractivity contribution in [2.45, 2.75) is 45.8 Å². The summed E-state index contributed by atoms with van der Waals surface area (Å²) in [6, 6.07) is 0. The van der Waals surface area contributed by atoms with Crippen LogP contribution in [0.5, 0.6) is 5.88 Å². The summed E-state index contributed by atoms with van der Waals surface area (Å²) in [4.78, 5) is 19.0. The summed E-state index contributed by atoms with van der Waals surface area (Å²) in [5, 5.41) is 3.07. The lowest BCUT2D eigenvalue weighted by atomic mass is 10.0. The minimum atomic E-state index is -0.552. The zero-order valence-corrected chi connectivity index (χ0v) is 11.7. The van der Waals surface area contributed by atoms with Gasteiger partial charge in [0.1, 0.15) is 12.0 Å². The van der Waals surface area contributed by atoms with E-state index in [0.29, 0.717) is 17.4 Å². The van der Waals surface area contributed by atoms with Crippen LogP contribution in [0.2, 0.25) is 0 Å². The first kappa shape index (κ1) is 15.0. The van der Waals surface area contributed by atoms with Crippen molar-refractivity contribution in [1.29, 1.82) is 0 Å². The molecule has 7 nitrogen and oxygen atoms in total. The van der Waals surface area contributed by atoms with E-state index in [4.69, 9.17) is 16.2 Å². The standard InChI is InChI=1S/C12H21N5O2/c1-7(2)19-11-9(14)10(15-6-16-11)17-12(3,4)5-8(13)18/h6-7H,5,14H2,1-4H3,(H2,13,18)(H,15,16,17). The van der Waals surface area contributed by atoms with E-state index in [-0.39, 0.29) is 12.5 Å². The second-order valence-electron chi connectivity index (χ2n) is 5.26. The summed E-state index contributed by atoms with van der Waals surface area (Å²) in [6.07, 6.45) is 1.48. The summed E-state index contributed by atoms with van der Waals surface area (Å²) in [5.74, 6) is 0.350. The number of amides is 1. The number of hydrogen-bond donors (Lipinski definition) is 3. The zero-order valence-electron chi connectivity index (χ0n) is 11.7. The largest absolute Gasteiger partial charge is 0.473 e. The lowest BCUT2D eigenvalue weighted by Crippen LogP contribution is -2.36. The van der Waals surface area contributed by atoms with E-state index in [1.54, 1.807) is 0 Å². The van der Waals surface area contributed by atoms with Crippen LogP contribution in [0.25, 0.3) is 0 Å². The normalized spacial score (nSPS) is 11.4. The number of nitrogens with one attached hydrogen (secondary N) is 1. The highest BCUT2D eigenvalue weighted by molar-refractivity contribution is 5.76. The van der Waals surface area contributed by atoms with Gasteiger partial charge in [-0.1, -0.05) is 0 Å². The van der Waals surface area contributed by atoms with Crippen molar-refractivity contribution in [3.8, 4) is 5.88 Å². The van der Waals surface area contributed by atoms with E-state index in [9.17, 15) is 4.79 Å². The average molecular weight is 267 g/mol. The number of rotatable bonds is 6. The number of primary amides is 1. The van der Waals surface area contributed by atoms with E-state index in [2.05, 4.69) is 15.3 Å². The van der Waals surface area contributed by atoms with Crippen molar-refractivity contribution in [3.05, 3.63) is 6.33 Å². The van der Waals surface area contributed by atoms with E-state index in [0.717, 1.165) is 0 Å². The van der Waals surface area contributed by atoms with Crippen LogP contribution in [0.3, 0.4) is 0 Å². The Balaban J connectivity index is 2.92. The fourth-order valence-corrected chi connectivity index (χ4v) is 1.60. The number of ether oxygens (including phenoxy) is 1. The first-order valence-electron chi connectivity index (χ1n) is 6.05. The molecule has 19 heavy (non-hydrogen) atoms. The van der Waals surface area contributed by atoms with Crippen LogP contribution < -0.4 is 21.5 Å². The van der Waals surface area contributed by atoms with Gasteiger partial charge in [0.25, 0.3) is 0 Å². The summed E-state index contributed by atoms with van der Waals surface area (Å²) in [5.41, 5.74) is 10.9. The number of nitrogen functional groups attached to an aromatic ring is 1. The predicted molar refractivity (Wildman–Crippen MR) is 73.7 cm³/mol. The second-order valence-corrected chi connectivity index (χ2v) is 5.26. The Morgan fingerprint density at radius 3 is 2.63 bits per heavy atom. The van der Waals surface area contributed by atoms with Gasteiger partial charge in [-0.25, -0.2) is 4.98 Å². The lowest BCUT2D eigenvalue weighted by molar-refractivity contribution is -0.118. The summed E-state index contributed by atoms with van der Waals surface area (Å²) < 4.78 is 5.47. The molecule has 1 aromatic heterocycles. The fourth-order valence-electron chi connectivity index (χ4n) is 1.60. The molecular formula is C12H21N5O2. The maximum Gasteiger partial charge on any atom is 0.242 e. The molecule has 0 aliphatic heterocycles. The van der Waals surface area contributed by atoms with Crippen LogP contribution in [-0.4, -0.2) is 27.5 Å². The number of hydrogen-bond acceptors (Lipinski definition) is 6. The molecule has 0 fully saturated rings. The van der Waals surface area contributed by atoms with E-state index < -0.39 is 11.4 Å². The highest BCUT2D eigenvalue weighted by Crippen LogP contribution is 2.28. The van der Waals surface area contributed by atoms with Crippen molar-refractivity contribution in [3.63, 3.8) is 0 Å². The molecule has 106 valence electrons. The molecule has 1 aromatic rings. The molecule has 1 heterocycles. The van der Waals surface area contributed by atoms with Gasteiger partial charge >= 0.3 is 0 Å². The van der Waals surface area contributed by atoms with E-state index in [1.165, 1.54) is 6.33 Å². The quantitative estimate of drug-likeness (QED) is 0.705. The minimum absolute atomic E-state index is 0.0383. The number of nitrogens with two attached hydrogens (primary N) is 2. The molecule has 0 atom stereocenters. The molecule has 0 unspecified atom stereocenters. The molecule has 7 heteroatoms. The zero-order chi connectivity index (χ0) is 14.6. The van der Waals surface area contributed by atoms with Crippen LogP contribution >= 0.6 is 0 Å². The van der Waals surface area contributed by atoms with Gasteiger partial charge in [-0.05, 0) is 27.7 Å². The van der Waals surface area contributed by atoms with Gasteiger partial charge in [-0.15, -0.1) is 0 Å². The molecule has 1 amide bonds. The van der Waals surface area contributed by atoms with Crippen LogP contribution in [-0.2, 0) is 4.79 Å². The smallest absolute Gasteiger partial charge is 0.242 e. The number of aromatic nitrogens is 2. The van der Waals surface area contributed by atoms with Gasteiger partial charge in [0.15, 0.2) is 5.82 Å². The highest BCUT2D eigenvalue weighted by atomic mass is 16.5. The second kappa shape index (κ2) is 5.73. The third kappa shape index (κ3) is 4.61. The van der Waals surface area contributed by atoms with Crippen LogP contribution in [0.1, 0.15) is 34.1 Å². The number of carbonyl (C=O) groups excluding carboxylic acids is 1. The van der Waals surface area contributed by atoms with Gasteiger partial charge < -0.3 is 21.5 Å². The topological polar surface area (TPSA) is 116 Å². The molecule has 0 aromatic carbocycles. The summed E-state index contributed by atoms with van der Waals surface area (Å²) >= 11 is 0. The van der Waals surface area contributed by atoms with Crippen LogP contribution in [0.15, 0.2) is 6.33 Å². The Labute approximate surface area is 112 Å². The fraction of sp³-hybridized carbons (Fsp3) is 0.583. The predicted octanol–water partition coefficient (Wildman–Crippen LogP) is 0.912. The molecule has 0 saturated carbocycles. The molecule has 0 aliphatic carbocycles.